The lowest BCUT2D eigenvalue weighted by atomic mass is 10.0. The van der Waals surface area contributed by atoms with E-state index in [9.17, 15) is 14.7 Å². The lowest BCUT2D eigenvalue weighted by Gasteiger charge is -2.10. The van der Waals surface area contributed by atoms with Crippen LogP contribution >= 0.6 is 0 Å². The Labute approximate surface area is 218 Å². The van der Waals surface area contributed by atoms with Crippen LogP contribution in [0.4, 0.5) is 0 Å². The Morgan fingerprint density at radius 2 is 1.29 bits per heavy atom. The van der Waals surface area contributed by atoms with Gasteiger partial charge in [0.15, 0.2) is 5.75 Å². The Hall–Kier alpha value is -4.70. The van der Waals surface area contributed by atoms with E-state index in [2.05, 4.69) is 4.89 Å². The molecule has 4 rings (SSSR count). The van der Waals surface area contributed by atoms with E-state index in [1.165, 1.54) is 12.1 Å². The first-order valence-electron chi connectivity index (χ1n) is 11.5. The molecule has 0 heterocycles. The molecular weight excluding hydrogens is 492 g/mol. The largest absolute Gasteiger partial charge is 0.478 e. The van der Waals surface area contributed by atoms with Gasteiger partial charge in [-0.2, -0.15) is 4.89 Å². The van der Waals surface area contributed by atoms with Crippen LogP contribution in [0.2, 0.25) is 0 Å². The van der Waals surface area contributed by atoms with Gasteiger partial charge >= 0.3 is 11.9 Å². The molecule has 2 N–H and O–H groups in total. The van der Waals surface area contributed by atoms with Gasteiger partial charge in [0.25, 0.3) is 0 Å². The van der Waals surface area contributed by atoms with E-state index in [1.807, 2.05) is 24.3 Å². The number of hydrogen-bond acceptors (Lipinski definition) is 8. The van der Waals surface area contributed by atoms with Crippen LogP contribution in [0, 0.1) is 6.92 Å². The van der Waals surface area contributed by atoms with Crippen LogP contribution in [0.5, 0.6) is 23.0 Å². The number of aromatic carboxylic acids is 1. The molecule has 0 fully saturated rings. The Bertz CT molecular complexity index is 1400. The van der Waals surface area contributed by atoms with E-state index in [0.29, 0.717) is 17.2 Å². The van der Waals surface area contributed by atoms with Gasteiger partial charge in [0.05, 0.1) is 11.1 Å². The number of carbonyl (C=O) groups excluding carboxylic acids is 1. The molecule has 194 valence electrons. The average molecular weight is 517 g/mol. The van der Waals surface area contributed by atoms with Crippen molar-refractivity contribution in [1.82, 2.24) is 0 Å². The topological polar surface area (TPSA) is 121 Å². The molecule has 0 amide bonds. The summed E-state index contributed by atoms with van der Waals surface area (Å²) in [5, 5.41) is 18.0. The van der Waals surface area contributed by atoms with Crippen molar-refractivity contribution in [3.8, 4) is 23.0 Å². The molecule has 0 atom stereocenters. The number of carboxylic acid groups (broad SMARTS) is 1. The van der Waals surface area contributed by atoms with Crippen molar-refractivity contribution >= 4 is 11.9 Å². The summed E-state index contributed by atoms with van der Waals surface area (Å²) in [5.41, 5.74) is 2.18. The second kappa shape index (κ2) is 12.5. The normalized spacial score (nSPS) is 10.6. The number of carbonyl (C=O) groups is 2. The fourth-order valence-corrected chi connectivity index (χ4v) is 3.52. The van der Waals surface area contributed by atoms with Gasteiger partial charge in [-0.15, -0.1) is 0 Å². The van der Waals surface area contributed by atoms with Gasteiger partial charge in [0.2, 0.25) is 0 Å². The summed E-state index contributed by atoms with van der Waals surface area (Å²) in [6.45, 7) is 1.95. The van der Waals surface area contributed by atoms with E-state index in [-0.39, 0.29) is 30.1 Å². The SMILES string of the molecule is Cc1ccc(C(=O)Oc2ccc(Oc3ccc(OOCc4ccccc4COO)cc3)cc2)c(C(=O)O)c1. The van der Waals surface area contributed by atoms with Crippen LogP contribution in [-0.4, -0.2) is 22.3 Å². The fraction of sp³-hybridized carbons (Fsp3) is 0.103. The highest BCUT2D eigenvalue weighted by Gasteiger charge is 2.18. The number of ether oxygens (including phenoxy) is 2. The van der Waals surface area contributed by atoms with E-state index in [4.69, 9.17) is 24.5 Å². The zero-order chi connectivity index (χ0) is 26.9. The van der Waals surface area contributed by atoms with Gasteiger partial charge in [-0.3, -0.25) is 5.26 Å². The van der Waals surface area contributed by atoms with Crippen molar-refractivity contribution in [3.63, 3.8) is 0 Å². The molecule has 0 spiro atoms. The Morgan fingerprint density at radius 1 is 0.711 bits per heavy atom. The average Bonchev–Trinajstić information content (AvgIpc) is 2.92. The maximum absolute atomic E-state index is 12.5. The predicted molar refractivity (Wildman–Crippen MR) is 135 cm³/mol. The van der Waals surface area contributed by atoms with Crippen molar-refractivity contribution in [3.05, 3.63) is 119 Å². The number of carboxylic acids is 1. The van der Waals surface area contributed by atoms with Crippen molar-refractivity contribution in [2.45, 2.75) is 20.1 Å². The highest BCUT2D eigenvalue weighted by molar-refractivity contribution is 6.03. The maximum Gasteiger partial charge on any atom is 0.344 e. The van der Waals surface area contributed by atoms with Crippen LogP contribution in [0.1, 0.15) is 37.4 Å². The van der Waals surface area contributed by atoms with Crippen LogP contribution in [0.25, 0.3) is 0 Å². The molecule has 0 aliphatic heterocycles. The van der Waals surface area contributed by atoms with Gasteiger partial charge in [-0.1, -0.05) is 35.9 Å². The zero-order valence-electron chi connectivity index (χ0n) is 20.3. The van der Waals surface area contributed by atoms with Gasteiger partial charge in [0.1, 0.15) is 30.5 Å². The molecule has 0 saturated carbocycles. The monoisotopic (exact) mass is 516 g/mol. The first-order chi connectivity index (χ1) is 18.4. The molecule has 0 bridgehead atoms. The van der Waals surface area contributed by atoms with Crippen molar-refractivity contribution < 1.29 is 44.1 Å². The van der Waals surface area contributed by atoms with E-state index in [1.54, 1.807) is 61.5 Å². The summed E-state index contributed by atoms with van der Waals surface area (Å²) in [6, 6.07) is 24.9. The Balaban J connectivity index is 1.30. The van der Waals surface area contributed by atoms with E-state index in [0.717, 1.165) is 16.7 Å². The van der Waals surface area contributed by atoms with Crippen LogP contribution in [0.15, 0.2) is 91.0 Å². The minimum absolute atomic E-state index is 0.0295. The van der Waals surface area contributed by atoms with Gasteiger partial charge in [-0.25, -0.2) is 14.5 Å². The molecule has 0 radical (unpaired) electrons. The quantitative estimate of drug-likeness (QED) is 0.104. The minimum Gasteiger partial charge on any atom is -0.478 e. The van der Waals surface area contributed by atoms with Gasteiger partial charge in [0, 0.05) is 0 Å². The molecule has 0 aromatic heterocycles. The molecule has 0 aliphatic rings. The summed E-state index contributed by atoms with van der Waals surface area (Å²) in [4.78, 5) is 38.8. The fourth-order valence-electron chi connectivity index (χ4n) is 3.52. The number of hydrogen-bond donors (Lipinski definition) is 2. The Morgan fingerprint density at radius 3 is 1.89 bits per heavy atom. The summed E-state index contributed by atoms with van der Waals surface area (Å²) in [7, 11) is 0. The van der Waals surface area contributed by atoms with Gasteiger partial charge < -0.3 is 19.5 Å². The number of rotatable bonds is 11. The second-order valence-electron chi connectivity index (χ2n) is 8.18. The lowest BCUT2D eigenvalue weighted by Crippen LogP contribution is -2.14. The number of benzene rings is 4. The highest BCUT2D eigenvalue weighted by atomic mass is 17.2. The van der Waals surface area contributed by atoms with E-state index >= 15 is 0 Å². The van der Waals surface area contributed by atoms with Crippen molar-refractivity contribution in [1.29, 1.82) is 0 Å². The van der Waals surface area contributed by atoms with Crippen molar-refractivity contribution in [2.75, 3.05) is 0 Å². The smallest absolute Gasteiger partial charge is 0.344 e. The molecule has 0 aliphatic carbocycles. The summed E-state index contributed by atoms with van der Waals surface area (Å²) < 4.78 is 11.1. The second-order valence-corrected chi connectivity index (χ2v) is 8.18. The zero-order valence-corrected chi connectivity index (χ0v) is 20.3. The third kappa shape index (κ3) is 6.95. The molecular formula is C29H24O9. The van der Waals surface area contributed by atoms with Crippen LogP contribution in [0.3, 0.4) is 0 Å². The van der Waals surface area contributed by atoms with Gasteiger partial charge in [-0.05, 0) is 78.7 Å². The molecule has 0 saturated heterocycles. The predicted octanol–water partition coefficient (Wildman–Crippen LogP) is 6.20. The van der Waals surface area contributed by atoms with Crippen LogP contribution in [-0.2, 0) is 23.0 Å². The van der Waals surface area contributed by atoms with E-state index < -0.39 is 11.9 Å². The maximum atomic E-state index is 12.5. The molecule has 9 heteroatoms. The summed E-state index contributed by atoms with van der Waals surface area (Å²) in [6.07, 6.45) is 0. The van der Waals surface area contributed by atoms with Crippen molar-refractivity contribution in [2.24, 2.45) is 0 Å². The third-order valence-corrected chi connectivity index (χ3v) is 5.43. The number of esters is 1. The summed E-state index contributed by atoms with van der Waals surface area (Å²) in [5.74, 6) is -0.221. The molecule has 0 unspecified atom stereocenters. The van der Waals surface area contributed by atoms with Crippen LogP contribution < -0.4 is 14.4 Å². The Kier molecular flexibility index (Phi) is 8.68. The first-order valence-corrected chi connectivity index (χ1v) is 11.5. The number of aryl methyl sites for hydroxylation is 1. The summed E-state index contributed by atoms with van der Waals surface area (Å²) >= 11 is 0. The molecule has 4 aromatic rings. The molecule has 38 heavy (non-hydrogen) atoms. The lowest BCUT2D eigenvalue weighted by molar-refractivity contribution is -0.253. The highest BCUT2D eigenvalue weighted by Crippen LogP contribution is 2.26. The minimum atomic E-state index is -1.20. The molecule has 9 nitrogen and oxygen atoms in total. The standard InChI is InChI=1S/C29H24O9/c1-19-6-15-26(27(16-19)28(30)31)29(32)37-24-9-7-22(8-10-24)36-23-11-13-25(14-12-23)38-35-18-21-5-3-2-4-20(21)17-34-33/h2-16,33H,17-18H2,1H3,(H,30,31). The first kappa shape index (κ1) is 26.4. The molecule has 4 aromatic carbocycles. The third-order valence-electron chi connectivity index (χ3n) is 5.43.